The molecule has 0 fully saturated rings. The van der Waals surface area contributed by atoms with Crippen LogP contribution in [-0.4, -0.2) is 0 Å². The van der Waals surface area contributed by atoms with Gasteiger partial charge >= 0.3 is 0 Å². The topological polar surface area (TPSA) is 16.4 Å². The van der Waals surface area contributed by atoms with Crippen LogP contribution < -0.4 is 4.90 Å². The molecule has 8 aromatic rings. The van der Waals surface area contributed by atoms with E-state index in [2.05, 4.69) is 183 Å². The smallest absolute Gasteiger partial charge is 0.135 e. The quantitative estimate of drug-likeness (QED) is 0.193. The lowest BCUT2D eigenvalue weighted by Crippen LogP contribution is -2.22. The van der Waals surface area contributed by atoms with Gasteiger partial charge in [0.25, 0.3) is 0 Å². The molecule has 0 N–H and O–H groups in total. The maximum atomic E-state index is 6.49. The Morgan fingerprint density at radius 2 is 0.918 bits per heavy atom. The first-order valence-electron chi connectivity index (χ1n) is 17.2. The highest BCUT2D eigenvalue weighted by Crippen LogP contribution is 2.53. The normalized spacial score (nSPS) is 14.8. The third kappa shape index (κ3) is 3.89. The number of benzene rings is 7. The lowest BCUT2D eigenvalue weighted by atomic mass is 9.74. The molecule has 0 saturated heterocycles. The van der Waals surface area contributed by atoms with Crippen LogP contribution in [-0.2, 0) is 10.8 Å². The Balaban J connectivity index is 1.15. The van der Waals surface area contributed by atoms with Gasteiger partial charge in [0.15, 0.2) is 0 Å². The monoisotopic (exact) mass is 629 g/mol. The molecule has 0 spiro atoms. The van der Waals surface area contributed by atoms with Gasteiger partial charge in [0, 0.05) is 38.7 Å². The van der Waals surface area contributed by atoms with E-state index in [-0.39, 0.29) is 10.8 Å². The van der Waals surface area contributed by atoms with Crippen molar-refractivity contribution in [2.45, 2.75) is 31.6 Å². The Morgan fingerprint density at radius 3 is 1.61 bits per heavy atom. The Labute approximate surface area is 286 Å². The molecule has 0 aliphatic heterocycles. The second kappa shape index (κ2) is 10.1. The zero-order valence-electron chi connectivity index (χ0n) is 27.9. The molecule has 10 rings (SSSR count). The van der Waals surface area contributed by atoms with E-state index in [9.17, 15) is 0 Å². The summed E-state index contributed by atoms with van der Waals surface area (Å²) < 4.78 is 6.49. The molecule has 2 aliphatic rings. The summed E-state index contributed by atoms with van der Waals surface area (Å²) in [7, 11) is 0. The summed E-state index contributed by atoms with van der Waals surface area (Å²) in [5.74, 6) is 0. The third-order valence-corrected chi connectivity index (χ3v) is 11.3. The molecule has 7 aromatic carbocycles. The second-order valence-corrected chi connectivity index (χ2v) is 14.3. The molecule has 234 valence electrons. The van der Waals surface area contributed by atoms with Crippen LogP contribution in [0.5, 0.6) is 0 Å². The molecule has 1 heterocycles. The Morgan fingerprint density at radius 1 is 0.408 bits per heavy atom. The van der Waals surface area contributed by atoms with Crippen molar-refractivity contribution in [3.05, 3.63) is 186 Å². The van der Waals surface area contributed by atoms with Gasteiger partial charge in [-0.2, -0.15) is 0 Å². The number of nitrogens with zero attached hydrogens (tertiary/aromatic N) is 1. The molecule has 0 amide bonds. The summed E-state index contributed by atoms with van der Waals surface area (Å²) in [6.07, 6.45) is 0. The van der Waals surface area contributed by atoms with Gasteiger partial charge in [-0.05, 0) is 112 Å². The van der Waals surface area contributed by atoms with E-state index in [4.69, 9.17) is 4.42 Å². The molecule has 2 aliphatic carbocycles. The van der Waals surface area contributed by atoms with E-state index < -0.39 is 0 Å². The Hall–Kier alpha value is -5.86. The highest BCUT2D eigenvalue weighted by Gasteiger charge is 2.41. The average Bonchev–Trinajstić information content (AvgIpc) is 3.72. The van der Waals surface area contributed by atoms with Crippen molar-refractivity contribution in [1.82, 2.24) is 0 Å². The van der Waals surface area contributed by atoms with Crippen molar-refractivity contribution >= 4 is 39.0 Å². The first kappa shape index (κ1) is 28.2. The van der Waals surface area contributed by atoms with Crippen LogP contribution in [0.3, 0.4) is 0 Å². The average molecular weight is 630 g/mol. The molecule has 1 aromatic heterocycles. The van der Waals surface area contributed by atoms with E-state index in [0.717, 1.165) is 39.0 Å². The molecular weight excluding hydrogens is 595 g/mol. The van der Waals surface area contributed by atoms with Gasteiger partial charge < -0.3 is 9.32 Å². The lowest BCUT2D eigenvalue weighted by Gasteiger charge is -2.28. The van der Waals surface area contributed by atoms with Crippen molar-refractivity contribution in [3.8, 4) is 22.3 Å². The van der Waals surface area contributed by atoms with Crippen molar-refractivity contribution in [1.29, 1.82) is 0 Å². The molecular formula is C47H35NO. The van der Waals surface area contributed by atoms with E-state index in [1.165, 1.54) is 50.1 Å². The molecule has 0 bridgehead atoms. The minimum absolute atomic E-state index is 0.0843. The molecule has 2 heteroatoms. The van der Waals surface area contributed by atoms with Crippen LogP contribution in [0, 0.1) is 0 Å². The molecule has 0 radical (unpaired) electrons. The second-order valence-electron chi connectivity index (χ2n) is 14.3. The van der Waals surface area contributed by atoms with Crippen LogP contribution in [0.1, 0.15) is 48.6 Å². The highest BCUT2D eigenvalue weighted by atomic mass is 16.3. The summed E-state index contributed by atoms with van der Waals surface area (Å²) in [6, 6.07) is 57.7. The zero-order chi connectivity index (χ0) is 32.9. The Bertz CT molecular complexity index is 2560. The number of hydrogen-bond donors (Lipinski definition) is 0. The standard InChI is InChI=1S/C47H35NO/c1-46(2)40-18-10-7-15-34(40)37-24-22-33(29-43(37)46)48(31-13-5-4-6-14-31)32-23-26-45-39(28-32)38-27-30(21-25-44(38)49-45)47(3)41-19-11-8-16-35(41)36-17-9-12-20-42(36)47/h4-29H,1-3H3. The van der Waals surface area contributed by atoms with Crippen molar-refractivity contribution in [2.24, 2.45) is 0 Å². The number of furan rings is 1. The Kier molecular flexibility index (Phi) is 5.79. The summed E-state index contributed by atoms with van der Waals surface area (Å²) >= 11 is 0. The van der Waals surface area contributed by atoms with Gasteiger partial charge in [-0.25, -0.2) is 0 Å². The maximum Gasteiger partial charge on any atom is 0.135 e. The summed E-state index contributed by atoms with van der Waals surface area (Å²) in [4.78, 5) is 2.38. The number of fused-ring (bicyclic) bond motifs is 9. The molecule has 0 atom stereocenters. The van der Waals surface area contributed by atoms with Crippen LogP contribution in [0.4, 0.5) is 17.1 Å². The first-order chi connectivity index (χ1) is 23.9. The van der Waals surface area contributed by atoms with Gasteiger partial charge in [-0.15, -0.1) is 0 Å². The minimum atomic E-state index is -0.270. The van der Waals surface area contributed by atoms with E-state index in [0.29, 0.717) is 0 Å². The molecule has 0 unspecified atom stereocenters. The van der Waals surface area contributed by atoms with E-state index in [1.807, 2.05) is 0 Å². The summed E-state index contributed by atoms with van der Waals surface area (Å²) in [5, 5.41) is 2.25. The molecule has 49 heavy (non-hydrogen) atoms. The number of hydrogen-bond acceptors (Lipinski definition) is 2. The summed E-state index contributed by atoms with van der Waals surface area (Å²) in [6.45, 7) is 7.06. The SMILES string of the molecule is CC1(C)c2ccccc2-c2ccc(N(c3ccccc3)c3ccc4oc5ccc(C6(C)c7ccccc7-c7ccccc76)cc5c4c3)cc21. The fraction of sp³-hybridized carbons (Fsp3) is 0.106. The van der Waals surface area contributed by atoms with Gasteiger partial charge in [0.05, 0.1) is 0 Å². The maximum absolute atomic E-state index is 6.49. The van der Waals surface area contributed by atoms with Crippen LogP contribution in [0.2, 0.25) is 0 Å². The predicted octanol–water partition coefficient (Wildman–Crippen LogP) is 12.7. The van der Waals surface area contributed by atoms with Gasteiger partial charge in [0.2, 0.25) is 0 Å². The molecule has 0 saturated carbocycles. The predicted molar refractivity (Wildman–Crippen MR) is 203 cm³/mol. The number of rotatable bonds is 4. The largest absolute Gasteiger partial charge is 0.456 e. The van der Waals surface area contributed by atoms with Crippen molar-refractivity contribution in [2.75, 3.05) is 4.90 Å². The fourth-order valence-electron chi connectivity index (χ4n) is 8.84. The third-order valence-electron chi connectivity index (χ3n) is 11.3. The summed E-state index contributed by atoms with van der Waals surface area (Å²) in [5.41, 5.74) is 16.8. The van der Waals surface area contributed by atoms with Crippen LogP contribution in [0.25, 0.3) is 44.2 Å². The number of anilines is 3. The van der Waals surface area contributed by atoms with Crippen molar-refractivity contribution in [3.63, 3.8) is 0 Å². The fourth-order valence-corrected chi connectivity index (χ4v) is 8.84. The number of para-hydroxylation sites is 1. The minimum Gasteiger partial charge on any atom is -0.456 e. The van der Waals surface area contributed by atoms with E-state index >= 15 is 0 Å². The van der Waals surface area contributed by atoms with Crippen molar-refractivity contribution < 1.29 is 4.42 Å². The van der Waals surface area contributed by atoms with E-state index in [1.54, 1.807) is 0 Å². The van der Waals surface area contributed by atoms with Crippen LogP contribution >= 0.6 is 0 Å². The van der Waals surface area contributed by atoms with Gasteiger partial charge in [0.1, 0.15) is 11.2 Å². The van der Waals surface area contributed by atoms with Gasteiger partial charge in [-0.1, -0.05) is 117 Å². The van der Waals surface area contributed by atoms with Gasteiger partial charge in [-0.3, -0.25) is 0 Å². The van der Waals surface area contributed by atoms with Crippen LogP contribution in [0.15, 0.2) is 162 Å². The highest BCUT2D eigenvalue weighted by molar-refractivity contribution is 6.07. The lowest BCUT2D eigenvalue weighted by molar-refractivity contribution is 0.660. The first-order valence-corrected chi connectivity index (χ1v) is 17.2. The zero-order valence-corrected chi connectivity index (χ0v) is 27.9. The molecule has 2 nitrogen and oxygen atoms in total.